The molecule has 2 heterocycles. The third-order valence-corrected chi connectivity index (χ3v) is 3.76. The molecule has 1 aromatic rings. The summed E-state index contributed by atoms with van der Waals surface area (Å²) in [4.78, 5) is 6.89. The van der Waals surface area contributed by atoms with Gasteiger partial charge in [0.05, 0.1) is 5.41 Å². The lowest BCUT2D eigenvalue weighted by Gasteiger charge is -2.17. The van der Waals surface area contributed by atoms with Gasteiger partial charge in [0.2, 0.25) is 0 Å². The van der Waals surface area contributed by atoms with Crippen LogP contribution >= 0.6 is 0 Å². The van der Waals surface area contributed by atoms with E-state index in [2.05, 4.69) is 27.9 Å². The van der Waals surface area contributed by atoms with Crippen LogP contribution in [0.25, 0.3) is 0 Å². The second-order valence-corrected chi connectivity index (χ2v) is 4.83. The Bertz CT molecular complexity index is 417. The molecule has 0 unspecified atom stereocenters. The quantitative estimate of drug-likeness (QED) is 0.699. The average Bonchev–Trinajstić information content (AvgIpc) is 2.96. The fourth-order valence-corrected chi connectivity index (χ4v) is 2.44. The van der Waals surface area contributed by atoms with Crippen LogP contribution in [0.15, 0.2) is 18.3 Å². The second-order valence-electron chi connectivity index (χ2n) is 4.83. The molecule has 2 fully saturated rings. The van der Waals surface area contributed by atoms with Crippen molar-refractivity contribution in [2.45, 2.75) is 31.1 Å². The van der Waals surface area contributed by atoms with Crippen molar-refractivity contribution < 1.29 is 0 Å². The van der Waals surface area contributed by atoms with E-state index in [1.54, 1.807) is 0 Å². The molecule has 2 heteroatoms. The summed E-state index contributed by atoms with van der Waals surface area (Å²) in [6.45, 7) is 2.29. The van der Waals surface area contributed by atoms with E-state index in [-0.39, 0.29) is 5.41 Å². The molecule has 0 N–H and O–H groups in total. The summed E-state index contributed by atoms with van der Waals surface area (Å²) in [7, 11) is 0. The van der Waals surface area contributed by atoms with Crippen LogP contribution in [0, 0.1) is 12.3 Å². The van der Waals surface area contributed by atoms with Crippen molar-refractivity contribution in [2.75, 3.05) is 18.0 Å². The number of rotatable bonds is 2. The smallest absolute Gasteiger partial charge is 0.128 e. The van der Waals surface area contributed by atoms with Crippen LogP contribution in [0.1, 0.15) is 31.2 Å². The first kappa shape index (κ1) is 9.72. The van der Waals surface area contributed by atoms with Crippen molar-refractivity contribution >= 4 is 5.82 Å². The van der Waals surface area contributed by atoms with E-state index in [0.29, 0.717) is 0 Å². The van der Waals surface area contributed by atoms with E-state index >= 15 is 0 Å². The number of aromatic nitrogens is 1. The zero-order valence-corrected chi connectivity index (χ0v) is 9.45. The van der Waals surface area contributed by atoms with E-state index in [4.69, 9.17) is 6.42 Å². The molecular formula is C14H16N2. The fraction of sp³-hybridized carbons (Fsp3) is 0.500. The van der Waals surface area contributed by atoms with Crippen LogP contribution in [0.5, 0.6) is 0 Å². The van der Waals surface area contributed by atoms with Crippen molar-refractivity contribution in [3.63, 3.8) is 0 Å². The van der Waals surface area contributed by atoms with Gasteiger partial charge >= 0.3 is 0 Å². The molecular weight excluding hydrogens is 196 g/mol. The van der Waals surface area contributed by atoms with E-state index in [1.165, 1.54) is 18.4 Å². The molecule has 1 aliphatic heterocycles. The van der Waals surface area contributed by atoms with Gasteiger partial charge in [-0.15, -0.1) is 6.42 Å². The molecule has 1 aliphatic carbocycles. The maximum Gasteiger partial charge on any atom is 0.128 e. The predicted molar refractivity (Wildman–Crippen MR) is 65.4 cm³/mol. The van der Waals surface area contributed by atoms with Crippen LogP contribution in [-0.4, -0.2) is 18.1 Å². The SMILES string of the molecule is C#CC1(c2ccc(N3CCCC3)nc2)CC1. The molecule has 1 aromatic heterocycles. The molecule has 3 rings (SSSR count). The molecule has 0 radical (unpaired) electrons. The Hall–Kier alpha value is -1.49. The molecule has 0 atom stereocenters. The van der Waals surface area contributed by atoms with Gasteiger partial charge < -0.3 is 4.90 Å². The van der Waals surface area contributed by atoms with E-state index in [1.807, 2.05) is 6.20 Å². The van der Waals surface area contributed by atoms with Crippen molar-refractivity contribution in [2.24, 2.45) is 0 Å². The Kier molecular flexibility index (Phi) is 2.14. The minimum Gasteiger partial charge on any atom is -0.357 e. The molecule has 1 saturated heterocycles. The van der Waals surface area contributed by atoms with Gasteiger partial charge in [0, 0.05) is 19.3 Å². The Labute approximate surface area is 96.7 Å². The second kappa shape index (κ2) is 3.52. The average molecular weight is 212 g/mol. The van der Waals surface area contributed by atoms with Crippen molar-refractivity contribution in [1.29, 1.82) is 0 Å². The van der Waals surface area contributed by atoms with Crippen LogP contribution in [0.3, 0.4) is 0 Å². The lowest BCUT2D eigenvalue weighted by Crippen LogP contribution is -2.19. The van der Waals surface area contributed by atoms with Crippen LogP contribution in [0.4, 0.5) is 5.82 Å². The number of hydrogen-bond acceptors (Lipinski definition) is 2. The van der Waals surface area contributed by atoms with Crippen LogP contribution in [0.2, 0.25) is 0 Å². The molecule has 0 aromatic carbocycles. The van der Waals surface area contributed by atoms with Gasteiger partial charge in [-0.1, -0.05) is 12.0 Å². The normalized spacial score (nSPS) is 21.8. The Balaban J connectivity index is 1.83. The number of anilines is 1. The largest absolute Gasteiger partial charge is 0.357 e. The standard InChI is InChI=1S/C14H16N2/c1-2-14(7-8-14)12-5-6-13(15-11-12)16-9-3-4-10-16/h1,5-6,11H,3-4,7-10H2. The summed E-state index contributed by atoms with van der Waals surface area (Å²) in [6, 6.07) is 4.28. The maximum atomic E-state index is 5.57. The fourth-order valence-electron chi connectivity index (χ4n) is 2.44. The highest BCUT2D eigenvalue weighted by Gasteiger charge is 2.42. The van der Waals surface area contributed by atoms with E-state index in [0.717, 1.165) is 31.7 Å². The molecule has 0 bridgehead atoms. The summed E-state index contributed by atoms with van der Waals surface area (Å²) in [6.07, 6.45) is 12.4. The highest BCUT2D eigenvalue weighted by molar-refractivity contribution is 5.45. The van der Waals surface area contributed by atoms with Crippen LogP contribution in [-0.2, 0) is 5.41 Å². The minimum atomic E-state index is 0.0243. The number of terminal acetylenes is 1. The summed E-state index contributed by atoms with van der Waals surface area (Å²) < 4.78 is 0. The van der Waals surface area contributed by atoms with Gasteiger partial charge in [-0.05, 0) is 37.3 Å². The lowest BCUT2D eigenvalue weighted by molar-refractivity contribution is 0.895. The third-order valence-electron chi connectivity index (χ3n) is 3.76. The van der Waals surface area contributed by atoms with Gasteiger partial charge in [-0.2, -0.15) is 0 Å². The van der Waals surface area contributed by atoms with Crippen molar-refractivity contribution in [3.05, 3.63) is 23.9 Å². The van der Waals surface area contributed by atoms with Gasteiger partial charge in [-0.3, -0.25) is 0 Å². The monoisotopic (exact) mass is 212 g/mol. The molecule has 1 saturated carbocycles. The van der Waals surface area contributed by atoms with Crippen LogP contribution < -0.4 is 4.90 Å². The molecule has 2 nitrogen and oxygen atoms in total. The molecule has 82 valence electrons. The molecule has 0 amide bonds. The number of hydrogen-bond donors (Lipinski definition) is 0. The summed E-state index contributed by atoms with van der Waals surface area (Å²) >= 11 is 0. The minimum absolute atomic E-state index is 0.0243. The van der Waals surface area contributed by atoms with Gasteiger partial charge in [0.15, 0.2) is 0 Å². The Morgan fingerprint density at radius 3 is 2.50 bits per heavy atom. The van der Waals surface area contributed by atoms with Crippen molar-refractivity contribution in [3.8, 4) is 12.3 Å². The molecule has 16 heavy (non-hydrogen) atoms. The number of nitrogens with zero attached hydrogens (tertiary/aromatic N) is 2. The third kappa shape index (κ3) is 1.48. The Morgan fingerprint density at radius 2 is 2.00 bits per heavy atom. The zero-order valence-electron chi connectivity index (χ0n) is 9.45. The first-order chi connectivity index (χ1) is 7.84. The number of pyridine rings is 1. The summed E-state index contributed by atoms with van der Waals surface area (Å²) in [5.41, 5.74) is 1.24. The predicted octanol–water partition coefficient (Wildman–Crippen LogP) is 2.35. The first-order valence-electron chi connectivity index (χ1n) is 6.03. The summed E-state index contributed by atoms with van der Waals surface area (Å²) in [5, 5.41) is 0. The molecule has 0 spiro atoms. The highest BCUT2D eigenvalue weighted by Crippen LogP contribution is 2.47. The van der Waals surface area contributed by atoms with E-state index < -0.39 is 0 Å². The summed E-state index contributed by atoms with van der Waals surface area (Å²) in [5.74, 6) is 4.01. The van der Waals surface area contributed by atoms with Gasteiger partial charge in [0.1, 0.15) is 5.82 Å². The highest BCUT2D eigenvalue weighted by atomic mass is 15.2. The maximum absolute atomic E-state index is 5.57. The first-order valence-corrected chi connectivity index (χ1v) is 6.03. The van der Waals surface area contributed by atoms with Gasteiger partial charge in [0.25, 0.3) is 0 Å². The lowest BCUT2D eigenvalue weighted by atomic mass is 9.99. The van der Waals surface area contributed by atoms with E-state index in [9.17, 15) is 0 Å². The zero-order chi connectivity index (χ0) is 11.0. The topological polar surface area (TPSA) is 16.1 Å². The van der Waals surface area contributed by atoms with Gasteiger partial charge in [-0.25, -0.2) is 4.98 Å². The Morgan fingerprint density at radius 1 is 1.25 bits per heavy atom. The van der Waals surface area contributed by atoms with Crippen molar-refractivity contribution in [1.82, 2.24) is 4.98 Å². The molecule has 2 aliphatic rings.